The second-order valence-electron chi connectivity index (χ2n) is 5.77. The third-order valence-corrected chi connectivity index (χ3v) is 5.00. The van der Waals surface area contributed by atoms with Gasteiger partial charge in [-0.15, -0.1) is 0 Å². The summed E-state index contributed by atoms with van der Waals surface area (Å²) in [6, 6.07) is 21.5. The molecule has 0 fully saturated rings. The van der Waals surface area contributed by atoms with Gasteiger partial charge in [-0.05, 0) is 35.4 Å². The van der Waals surface area contributed by atoms with Gasteiger partial charge in [0.1, 0.15) is 10.3 Å². The van der Waals surface area contributed by atoms with E-state index in [1.165, 1.54) is 0 Å². The van der Waals surface area contributed by atoms with Gasteiger partial charge < -0.3 is 5.21 Å². The van der Waals surface area contributed by atoms with Crippen molar-refractivity contribution in [3.05, 3.63) is 98.2 Å². The van der Waals surface area contributed by atoms with E-state index in [9.17, 15) is 5.21 Å². The number of benzene rings is 2. The molecule has 1 aromatic heterocycles. The highest BCUT2D eigenvalue weighted by atomic mass is 79.9. The van der Waals surface area contributed by atoms with E-state index < -0.39 is 0 Å². The molecule has 3 nitrogen and oxygen atoms in total. The summed E-state index contributed by atoms with van der Waals surface area (Å²) in [6.07, 6.45) is 0.485. The first-order valence-corrected chi connectivity index (χ1v) is 9.46. The Morgan fingerprint density at radius 1 is 0.962 bits per heavy atom. The minimum atomic E-state index is 0.0147. The lowest BCUT2D eigenvalue weighted by atomic mass is 9.85. The number of nitrogens with zero attached hydrogens (tertiary/aromatic N) is 2. The molecule has 1 heterocycles. The van der Waals surface area contributed by atoms with Crippen LogP contribution in [0.3, 0.4) is 0 Å². The molecule has 2 aromatic carbocycles. The summed E-state index contributed by atoms with van der Waals surface area (Å²) in [7, 11) is 0. The number of hydrogen-bond donors (Lipinski definition) is 1. The first-order chi connectivity index (χ1) is 12.6. The Morgan fingerprint density at radius 2 is 1.54 bits per heavy atom. The molecule has 0 spiro atoms. The van der Waals surface area contributed by atoms with Gasteiger partial charge in [-0.25, -0.2) is 4.98 Å². The Kier molecular flexibility index (Phi) is 6.30. The summed E-state index contributed by atoms with van der Waals surface area (Å²) >= 11 is 15.5. The van der Waals surface area contributed by atoms with Crippen molar-refractivity contribution in [2.24, 2.45) is 5.16 Å². The first kappa shape index (κ1) is 18.9. The van der Waals surface area contributed by atoms with Crippen molar-refractivity contribution in [2.75, 3.05) is 0 Å². The van der Waals surface area contributed by atoms with Gasteiger partial charge in [0.15, 0.2) is 0 Å². The Bertz CT molecular complexity index is 895. The van der Waals surface area contributed by atoms with Crippen molar-refractivity contribution in [1.82, 2.24) is 4.98 Å². The molecule has 1 unspecified atom stereocenters. The Hall–Kier alpha value is -1.88. The number of hydrogen-bond acceptors (Lipinski definition) is 3. The second kappa shape index (κ2) is 8.67. The molecule has 1 N–H and O–H groups in total. The van der Waals surface area contributed by atoms with E-state index in [4.69, 9.17) is 23.2 Å². The maximum absolute atomic E-state index is 9.62. The summed E-state index contributed by atoms with van der Waals surface area (Å²) in [5.41, 5.74) is 3.39. The highest BCUT2D eigenvalue weighted by molar-refractivity contribution is 9.10. The summed E-state index contributed by atoms with van der Waals surface area (Å²) in [5, 5.41) is 13.6. The zero-order valence-electron chi connectivity index (χ0n) is 13.6. The molecule has 0 aliphatic heterocycles. The highest BCUT2D eigenvalue weighted by Crippen LogP contribution is 2.31. The molecule has 0 amide bonds. The van der Waals surface area contributed by atoms with Crippen LogP contribution in [-0.2, 0) is 0 Å². The summed E-state index contributed by atoms with van der Waals surface area (Å²) < 4.78 is 1.01. The summed E-state index contributed by atoms with van der Waals surface area (Å²) in [4.78, 5) is 3.95. The van der Waals surface area contributed by atoms with Crippen molar-refractivity contribution < 1.29 is 5.21 Å². The van der Waals surface area contributed by atoms with E-state index in [1.807, 2.05) is 30.3 Å². The fraction of sp³-hybridized carbons (Fsp3) is 0.100. The van der Waals surface area contributed by atoms with Crippen LogP contribution in [0, 0.1) is 0 Å². The van der Waals surface area contributed by atoms with E-state index in [2.05, 4.69) is 50.3 Å². The SMILES string of the molecule is O/N=C(\CC(c1ccccc1)c1ccc(Br)cc1)c1cc(Cl)nc(Cl)c1. The normalized spacial score (nSPS) is 12.8. The van der Waals surface area contributed by atoms with Crippen LogP contribution in [0.25, 0.3) is 0 Å². The minimum absolute atomic E-state index is 0.0147. The Morgan fingerprint density at radius 3 is 2.12 bits per heavy atom. The molecule has 0 aliphatic rings. The molecule has 0 saturated heterocycles. The van der Waals surface area contributed by atoms with Crippen LogP contribution in [0.2, 0.25) is 10.3 Å². The predicted octanol–water partition coefficient (Wildman–Crippen LogP) is 6.55. The maximum atomic E-state index is 9.62. The number of oxime groups is 1. The van der Waals surface area contributed by atoms with E-state index in [-0.39, 0.29) is 16.2 Å². The lowest BCUT2D eigenvalue weighted by molar-refractivity contribution is 0.317. The number of rotatable bonds is 5. The topological polar surface area (TPSA) is 45.5 Å². The summed E-state index contributed by atoms with van der Waals surface area (Å²) in [5.74, 6) is 0.0147. The van der Waals surface area contributed by atoms with Gasteiger partial charge in [0.2, 0.25) is 0 Å². The van der Waals surface area contributed by atoms with Crippen molar-refractivity contribution in [3.8, 4) is 0 Å². The van der Waals surface area contributed by atoms with Crippen LogP contribution in [0.1, 0.15) is 29.0 Å². The molecule has 0 bridgehead atoms. The molecule has 132 valence electrons. The molecule has 0 aliphatic carbocycles. The highest BCUT2D eigenvalue weighted by Gasteiger charge is 2.19. The molecule has 3 rings (SSSR count). The van der Waals surface area contributed by atoms with Crippen LogP contribution >= 0.6 is 39.1 Å². The standard InChI is InChI=1S/C20H15BrCl2N2O/c21-16-8-6-14(7-9-16)17(13-4-2-1-3-5-13)12-18(25-26)15-10-19(22)24-20(23)11-15/h1-11,17,26H,12H2/b25-18+. The van der Waals surface area contributed by atoms with Gasteiger partial charge >= 0.3 is 0 Å². The van der Waals surface area contributed by atoms with Gasteiger partial charge in [-0.2, -0.15) is 0 Å². The maximum Gasteiger partial charge on any atom is 0.131 e. The molecule has 0 saturated carbocycles. The molecule has 26 heavy (non-hydrogen) atoms. The third-order valence-electron chi connectivity index (χ3n) is 4.09. The molecule has 1 atom stereocenters. The van der Waals surface area contributed by atoms with Crippen molar-refractivity contribution >= 4 is 44.8 Å². The van der Waals surface area contributed by atoms with Gasteiger partial charge in [0, 0.05) is 22.4 Å². The van der Waals surface area contributed by atoms with Crippen LogP contribution in [0.5, 0.6) is 0 Å². The van der Waals surface area contributed by atoms with E-state index in [0.29, 0.717) is 17.7 Å². The van der Waals surface area contributed by atoms with Crippen LogP contribution in [0.4, 0.5) is 0 Å². The lowest BCUT2D eigenvalue weighted by Gasteiger charge is -2.19. The Labute approximate surface area is 170 Å². The molecular weight excluding hydrogens is 435 g/mol. The van der Waals surface area contributed by atoms with Gasteiger partial charge in [0.25, 0.3) is 0 Å². The molecular formula is C20H15BrCl2N2O. The quantitative estimate of drug-likeness (QED) is 0.207. The van der Waals surface area contributed by atoms with Gasteiger partial charge in [-0.1, -0.05) is 86.8 Å². The van der Waals surface area contributed by atoms with Gasteiger partial charge in [-0.3, -0.25) is 0 Å². The van der Waals surface area contributed by atoms with E-state index >= 15 is 0 Å². The van der Waals surface area contributed by atoms with Crippen molar-refractivity contribution in [3.63, 3.8) is 0 Å². The fourth-order valence-corrected chi connectivity index (χ4v) is 3.57. The lowest BCUT2D eigenvalue weighted by Crippen LogP contribution is -2.11. The van der Waals surface area contributed by atoms with Crippen LogP contribution in [-0.4, -0.2) is 15.9 Å². The average Bonchev–Trinajstić information content (AvgIpc) is 2.63. The fourth-order valence-electron chi connectivity index (χ4n) is 2.85. The van der Waals surface area contributed by atoms with Crippen molar-refractivity contribution in [1.29, 1.82) is 0 Å². The zero-order chi connectivity index (χ0) is 18.5. The Balaban J connectivity index is 2.00. The molecule has 0 radical (unpaired) electrons. The smallest absolute Gasteiger partial charge is 0.131 e. The van der Waals surface area contributed by atoms with E-state index in [0.717, 1.165) is 15.6 Å². The zero-order valence-corrected chi connectivity index (χ0v) is 16.7. The number of halogens is 3. The van der Waals surface area contributed by atoms with Crippen molar-refractivity contribution in [2.45, 2.75) is 12.3 Å². The largest absolute Gasteiger partial charge is 0.411 e. The van der Waals surface area contributed by atoms with Gasteiger partial charge in [0.05, 0.1) is 5.71 Å². The number of aromatic nitrogens is 1. The molecule has 6 heteroatoms. The second-order valence-corrected chi connectivity index (χ2v) is 7.46. The van der Waals surface area contributed by atoms with Crippen LogP contribution in [0.15, 0.2) is 76.4 Å². The summed E-state index contributed by atoms with van der Waals surface area (Å²) in [6.45, 7) is 0. The third kappa shape index (κ3) is 4.64. The van der Waals surface area contributed by atoms with Crippen LogP contribution < -0.4 is 0 Å². The average molecular weight is 450 g/mol. The monoisotopic (exact) mass is 448 g/mol. The first-order valence-electron chi connectivity index (χ1n) is 7.91. The number of pyridine rings is 1. The minimum Gasteiger partial charge on any atom is -0.411 e. The predicted molar refractivity (Wildman–Crippen MR) is 110 cm³/mol. The molecule has 3 aromatic rings. The van der Waals surface area contributed by atoms with E-state index in [1.54, 1.807) is 12.1 Å².